The number of benzene rings is 2. The van der Waals surface area contributed by atoms with E-state index in [1.54, 1.807) is 18.5 Å². The lowest BCUT2D eigenvalue weighted by Crippen LogP contribution is -2.36. The molecule has 1 atom stereocenters. The number of sulfonamides is 1. The molecule has 0 bridgehead atoms. The van der Waals surface area contributed by atoms with Gasteiger partial charge in [0.2, 0.25) is 10.0 Å². The van der Waals surface area contributed by atoms with Gasteiger partial charge >= 0.3 is 0 Å². The molecule has 1 N–H and O–H groups in total. The van der Waals surface area contributed by atoms with Crippen LogP contribution in [0.4, 0.5) is 0 Å². The Balaban J connectivity index is 1.58. The molecular weight excluding hydrogens is 434 g/mol. The van der Waals surface area contributed by atoms with E-state index in [9.17, 15) is 13.2 Å². The smallest absolute Gasteiger partial charge is 0.251 e. The Bertz CT molecular complexity index is 1220. The van der Waals surface area contributed by atoms with Gasteiger partial charge in [0.15, 0.2) is 0 Å². The number of nitrogens with one attached hydrogen (secondary N) is 1. The Morgan fingerprint density at radius 2 is 1.90 bits per heavy atom. The maximum Gasteiger partial charge on any atom is 0.251 e. The predicted octanol–water partition coefficient (Wildman–Crippen LogP) is 3.97. The van der Waals surface area contributed by atoms with Crippen molar-refractivity contribution in [2.24, 2.45) is 0 Å². The van der Waals surface area contributed by atoms with E-state index in [1.807, 2.05) is 37.3 Å². The SMILES string of the molecule is C[C@H](NC(=O)c1ccc(Cl)c(S(=O)(=O)N2CCc3ccccc3C2)c1)c1cccnc1. The number of aromatic nitrogens is 1. The zero-order valence-corrected chi connectivity index (χ0v) is 18.5. The van der Waals surface area contributed by atoms with Gasteiger partial charge in [0.05, 0.1) is 11.1 Å². The van der Waals surface area contributed by atoms with Crippen LogP contribution in [0.1, 0.15) is 40.0 Å². The van der Waals surface area contributed by atoms with Gasteiger partial charge in [-0.2, -0.15) is 4.31 Å². The van der Waals surface area contributed by atoms with Crippen LogP contribution in [0.15, 0.2) is 71.9 Å². The number of rotatable bonds is 5. The highest BCUT2D eigenvalue weighted by atomic mass is 35.5. The van der Waals surface area contributed by atoms with Crippen LogP contribution in [-0.2, 0) is 23.0 Å². The van der Waals surface area contributed by atoms with E-state index in [2.05, 4.69) is 10.3 Å². The molecule has 6 nitrogen and oxygen atoms in total. The minimum Gasteiger partial charge on any atom is -0.345 e. The molecule has 3 aromatic rings. The molecule has 2 heterocycles. The number of carbonyl (C=O) groups excluding carboxylic acids is 1. The molecule has 2 aromatic carbocycles. The van der Waals surface area contributed by atoms with E-state index < -0.39 is 10.0 Å². The highest BCUT2D eigenvalue weighted by Gasteiger charge is 2.30. The van der Waals surface area contributed by atoms with Gasteiger partial charge in [-0.3, -0.25) is 9.78 Å². The van der Waals surface area contributed by atoms with Gasteiger partial charge in [-0.1, -0.05) is 41.9 Å². The summed E-state index contributed by atoms with van der Waals surface area (Å²) in [5, 5.41) is 2.97. The summed E-state index contributed by atoms with van der Waals surface area (Å²) in [7, 11) is -3.86. The lowest BCUT2D eigenvalue weighted by molar-refractivity contribution is 0.0939. The number of amides is 1. The molecule has 0 saturated heterocycles. The van der Waals surface area contributed by atoms with Crippen LogP contribution in [0, 0.1) is 0 Å². The number of carbonyl (C=O) groups is 1. The average Bonchev–Trinajstić information content (AvgIpc) is 2.79. The molecule has 1 aliphatic rings. The van der Waals surface area contributed by atoms with Crippen molar-refractivity contribution in [3.05, 3.63) is 94.3 Å². The Morgan fingerprint density at radius 3 is 2.65 bits per heavy atom. The third-order valence-corrected chi connectivity index (χ3v) is 7.77. The summed E-state index contributed by atoms with van der Waals surface area (Å²) in [5.41, 5.74) is 3.21. The molecule has 0 saturated carbocycles. The summed E-state index contributed by atoms with van der Waals surface area (Å²) < 4.78 is 28.1. The number of fused-ring (bicyclic) bond motifs is 1. The first kappa shape index (κ1) is 21.5. The molecule has 4 rings (SSSR count). The van der Waals surface area contributed by atoms with Gasteiger partial charge in [0, 0.05) is 31.0 Å². The molecular formula is C23H22ClN3O3S. The topological polar surface area (TPSA) is 79.4 Å². The number of nitrogens with zero attached hydrogens (tertiary/aromatic N) is 2. The zero-order valence-electron chi connectivity index (χ0n) is 17.0. The first-order valence-electron chi connectivity index (χ1n) is 9.93. The maximum absolute atomic E-state index is 13.3. The summed E-state index contributed by atoms with van der Waals surface area (Å²) >= 11 is 6.26. The summed E-state index contributed by atoms with van der Waals surface area (Å²) in [6.45, 7) is 2.49. The van der Waals surface area contributed by atoms with Crippen molar-refractivity contribution in [1.29, 1.82) is 0 Å². The van der Waals surface area contributed by atoms with Crippen molar-refractivity contribution in [3.8, 4) is 0 Å². The molecule has 1 amide bonds. The van der Waals surface area contributed by atoms with Gasteiger partial charge in [-0.25, -0.2) is 8.42 Å². The molecule has 0 spiro atoms. The fourth-order valence-corrected chi connectivity index (χ4v) is 5.57. The van der Waals surface area contributed by atoms with E-state index in [0.717, 1.165) is 16.7 Å². The molecule has 0 radical (unpaired) electrons. The van der Waals surface area contributed by atoms with Crippen molar-refractivity contribution < 1.29 is 13.2 Å². The first-order valence-corrected chi connectivity index (χ1v) is 11.8. The number of pyridine rings is 1. The van der Waals surface area contributed by atoms with Crippen LogP contribution in [0.5, 0.6) is 0 Å². The fraction of sp³-hybridized carbons (Fsp3) is 0.217. The highest BCUT2D eigenvalue weighted by molar-refractivity contribution is 7.89. The second-order valence-electron chi connectivity index (χ2n) is 7.48. The van der Waals surface area contributed by atoms with E-state index in [4.69, 9.17) is 11.6 Å². The van der Waals surface area contributed by atoms with Crippen molar-refractivity contribution in [2.45, 2.75) is 30.8 Å². The van der Waals surface area contributed by atoms with Crippen LogP contribution < -0.4 is 5.32 Å². The summed E-state index contributed by atoms with van der Waals surface area (Å²) in [6.07, 6.45) is 3.97. The number of hydrogen-bond acceptors (Lipinski definition) is 4. The van der Waals surface area contributed by atoms with Gasteiger partial charge in [0.1, 0.15) is 4.90 Å². The monoisotopic (exact) mass is 455 g/mol. The van der Waals surface area contributed by atoms with E-state index in [1.165, 1.54) is 22.5 Å². The Labute approximate surface area is 186 Å². The largest absolute Gasteiger partial charge is 0.345 e. The third-order valence-electron chi connectivity index (χ3n) is 5.44. The normalized spacial score (nSPS) is 15.2. The van der Waals surface area contributed by atoms with Crippen LogP contribution >= 0.6 is 11.6 Å². The van der Waals surface area contributed by atoms with Crippen molar-refractivity contribution in [1.82, 2.24) is 14.6 Å². The van der Waals surface area contributed by atoms with Gasteiger partial charge in [-0.15, -0.1) is 0 Å². The van der Waals surface area contributed by atoms with E-state index in [0.29, 0.717) is 13.0 Å². The summed E-state index contributed by atoms with van der Waals surface area (Å²) in [4.78, 5) is 16.8. The molecule has 0 unspecified atom stereocenters. The zero-order chi connectivity index (χ0) is 22.0. The highest BCUT2D eigenvalue weighted by Crippen LogP contribution is 2.30. The third kappa shape index (κ3) is 4.49. The minimum absolute atomic E-state index is 0.0600. The lowest BCUT2D eigenvalue weighted by atomic mass is 10.0. The molecule has 8 heteroatoms. The summed E-state index contributed by atoms with van der Waals surface area (Å²) in [5.74, 6) is -0.381. The van der Waals surface area contributed by atoms with E-state index in [-0.39, 0.29) is 34.0 Å². The molecule has 160 valence electrons. The van der Waals surface area contributed by atoms with Gasteiger partial charge in [0.25, 0.3) is 5.91 Å². The number of halogens is 1. The molecule has 0 aliphatic carbocycles. The molecule has 31 heavy (non-hydrogen) atoms. The minimum atomic E-state index is -3.86. The molecule has 1 aliphatic heterocycles. The Morgan fingerprint density at radius 1 is 1.13 bits per heavy atom. The Kier molecular flexibility index (Phi) is 6.09. The van der Waals surface area contributed by atoms with E-state index >= 15 is 0 Å². The van der Waals surface area contributed by atoms with Crippen LogP contribution in [0.3, 0.4) is 0 Å². The quantitative estimate of drug-likeness (QED) is 0.631. The average molecular weight is 456 g/mol. The standard InChI is InChI=1S/C23H22ClN3O3S/c1-16(19-7-4-11-25-14-19)26-23(28)18-8-9-21(24)22(13-18)31(29,30)27-12-10-17-5-2-3-6-20(17)15-27/h2-9,11,13-14,16H,10,12,15H2,1H3,(H,26,28)/t16-/m0/s1. The molecule has 0 fully saturated rings. The van der Waals surface area contributed by atoms with Crippen molar-refractivity contribution >= 4 is 27.5 Å². The lowest BCUT2D eigenvalue weighted by Gasteiger charge is -2.28. The second-order valence-corrected chi connectivity index (χ2v) is 9.80. The maximum atomic E-state index is 13.3. The Hall–Kier alpha value is -2.74. The van der Waals surface area contributed by atoms with Crippen LogP contribution in [0.2, 0.25) is 5.02 Å². The van der Waals surface area contributed by atoms with Crippen LogP contribution in [0.25, 0.3) is 0 Å². The first-order chi connectivity index (χ1) is 14.9. The predicted molar refractivity (Wildman–Crippen MR) is 119 cm³/mol. The fourth-order valence-electron chi connectivity index (χ4n) is 3.65. The molecule has 1 aromatic heterocycles. The second kappa shape index (κ2) is 8.78. The van der Waals surface area contributed by atoms with Gasteiger partial charge in [-0.05, 0) is 54.3 Å². The van der Waals surface area contributed by atoms with Crippen molar-refractivity contribution in [2.75, 3.05) is 6.54 Å². The van der Waals surface area contributed by atoms with Crippen LogP contribution in [-0.4, -0.2) is 30.2 Å². The summed E-state index contributed by atoms with van der Waals surface area (Å²) in [6, 6.07) is 15.5. The van der Waals surface area contributed by atoms with Gasteiger partial charge < -0.3 is 5.32 Å². The van der Waals surface area contributed by atoms with Crippen molar-refractivity contribution in [3.63, 3.8) is 0 Å². The number of hydrogen-bond donors (Lipinski definition) is 1.